The number of carbonyl (C=O) groups is 1. The van der Waals surface area contributed by atoms with E-state index in [1.807, 2.05) is 6.92 Å². The van der Waals surface area contributed by atoms with Crippen molar-refractivity contribution in [2.45, 2.75) is 32.4 Å². The van der Waals surface area contributed by atoms with Crippen molar-refractivity contribution in [1.82, 2.24) is 5.32 Å². The number of nitrogens with two attached hydrogens (primary N) is 1. The quantitative estimate of drug-likeness (QED) is 0.666. The molecule has 7 heteroatoms. The first kappa shape index (κ1) is 17.2. The van der Waals surface area contributed by atoms with Crippen LogP contribution in [-0.2, 0) is 9.53 Å². The number of hydrogen-bond acceptors (Lipinski definition) is 3. The Bertz CT molecular complexity index is 229. The molecule has 0 radical (unpaired) electrons. The third kappa shape index (κ3) is 10.3. The molecule has 1 amide bonds. The van der Waals surface area contributed by atoms with Gasteiger partial charge in [-0.15, -0.1) is 0 Å². The summed E-state index contributed by atoms with van der Waals surface area (Å²) >= 11 is 0. The van der Waals surface area contributed by atoms with E-state index in [4.69, 9.17) is 5.73 Å². The van der Waals surface area contributed by atoms with Crippen molar-refractivity contribution < 1.29 is 22.7 Å². The number of alkyl halides is 3. The monoisotopic (exact) mass is 270 g/mol. The Morgan fingerprint density at radius 2 is 2.06 bits per heavy atom. The van der Waals surface area contributed by atoms with Gasteiger partial charge in [-0.3, -0.25) is 4.79 Å². The minimum atomic E-state index is -4.40. The fourth-order valence-corrected chi connectivity index (χ4v) is 1.56. The average molecular weight is 270 g/mol. The zero-order valence-corrected chi connectivity index (χ0v) is 10.6. The molecule has 0 saturated carbocycles. The van der Waals surface area contributed by atoms with E-state index in [0.717, 1.165) is 19.3 Å². The molecule has 0 bridgehead atoms. The van der Waals surface area contributed by atoms with E-state index >= 15 is 0 Å². The minimum absolute atomic E-state index is 0.270. The van der Waals surface area contributed by atoms with Gasteiger partial charge in [0.1, 0.15) is 13.2 Å². The maximum atomic E-state index is 11.8. The SMILES string of the molecule is CCCC(CCN)CNC(=O)COCC(F)(F)F. The molecule has 4 nitrogen and oxygen atoms in total. The van der Waals surface area contributed by atoms with Gasteiger partial charge in [-0.05, 0) is 25.3 Å². The number of ether oxygens (including phenoxy) is 1. The Morgan fingerprint density at radius 1 is 1.39 bits per heavy atom. The van der Waals surface area contributed by atoms with Crippen molar-refractivity contribution in [2.75, 3.05) is 26.3 Å². The van der Waals surface area contributed by atoms with Gasteiger partial charge in [-0.25, -0.2) is 0 Å². The Labute approximate surface area is 105 Å². The average Bonchev–Trinajstić information content (AvgIpc) is 2.25. The lowest BCUT2D eigenvalue weighted by Crippen LogP contribution is -2.34. The molecule has 0 aliphatic carbocycles. The van der Waals surface area contributed by atoms with E-state index in [9.17, 15) is 18.0 Å². The first-order valence-corrected chi connectivity index (χ1v) is 6.00. The smallest absolute Gasteiger partial charge is 0.362 e. The lowest BCUT2D eigenvalue weighted by molar-refractivity contribution is -0.175. The normalized spacial score (nSPS) is 13.4. The summed E-state index contributed by atoms with van der Waals surface area (Å²) in [5.74, 6) is -0.260. The fraction of sp³-hybridized carbons (Fsp3) is 0.909. The van der Waals surface area contributed by atoms with Crippen LogP contribution in [0.15, 0.2) is 0 Å². The zero-order chi connectivity index (χ0) is 14.0. The molecule has 0 aromatic heterocycles. The number of carbonyl (C=O) groups excluding carboxylic acids is 1. The van der Waals surface area contributed by atoms with Crippen LogP contribution in [0.2, 0.25) is 0 Å². The molecule has 3 N–H and O–H groups in total. The molecule has 0 fully saturated rings. The number of hydrogen-bond donors (Lipinski definition) is 2. The summed E-state index contributed by atoms with van der Waals surface area (Å²) in [5.41, 5.74) is 5.43. The number of amides is 1. The van der Waals surface area contributed by atoms with Crippen LogP contribution in [-0.4, -0.2) is 38.4 Å². The summed E-state index contributed by atoms with van der Waals surface area (Å²) < 4.78 is 39.5. The summed E-state index contributed by atoms with van der Waals surface area (Å²) in [6.45, 7) is 1.02. The van der Waals surface area contributed by atoms with Crippen LogP contribution in [0.25, 0.3) is 0 Å². The Kier molecular flexibility index (Phi) is 8.74. The first-order valence-electron chi connectivity index (χ1n) is 6.00. The second-order valence-corrected chi connectivity index (χ2v) is 4.14. The van der Waals surface area contributed by atoms with Crippen molar-refractivity contribution in [3.8, 4) is 0 Å². The number of nitrogens with one attached hydrogen (secondary N) is 1. The Balaban J connectivity index is 3.73. The van der Waals surface area contributed by atoms with Gasteiger partial charge in [-0.2, -0.15) is 13.2 Å². The largest absolute Gasteiger partial charge is 0.411 e. The topological polar surface area (TPSA) is 64.3 Å². The summed E-state index contributed by atoms with van der Waals surface area (Å²) in [4.78, 5) is 11.2. The maximum absolute atomic E-state index is 11.8. The first-order chi connectivity index (χ1) is 8.39. The molecule has 18 heavy (non-hydrogen) atoms. The summed E-state index contributed by atoms with van der Waals surface area (Å²) in [6, 6.07) is 0. The van der Waals surface area contributed by atoms with Gasteiger partial charge in [0.2, 0.25) is 5.91 Å². The lowest BCUT2D eigenvalue weighted by Gasteiger charge is -2.16. The standard InChI is InChI=1S/C11H21F3N2O2/c1-2-3-9(4-5-15)6-16-10(17)7-18-8-11(12,13)14/h9H,2-8,15H2,1H3,(H,16,17). The van der Waals surface area contributed by atoms with E-state index in [1.165, 1.54) is 0 Å². The highest BCUT2D eigenvalue weighted by Gasteiger charge is 2.27. The van der Waals surface area contributed by atoms with Crippen LogP contribution in [0.3, 0.4) is 0 Å². The second-order valence-electron chi connectivity index (χ2n) is 4.14. The van der Waals surface area contributed by atoms with Crippen LogP contribution < -0.4 is 11.1 Å². The molecule has 0 spiro atoms. The van der Waals surface area contributed by atoms with Gasteiger partial charge in [0.15, 0.2) is 0 Å². The summed E-state index contributed by atoms with van der Waals surface area (Å²) in [6.07, 6.45) is -1.70. The fourth-order valence-electron chi connectivity index (χ4n) is 1.56. The van der Waals surface area contributed by atoms with Gasteiger partial charge >= 0.3 is 6.18 Å². The molecule has 0 aliphatic heterocycles. The molecular weight excluding hydrogens is 249 g/mol. The highest BCUT2D eigenvalue weighted by molar-refractivity contribution is 5.77. The minimum Gasteiger partial charge on any atom is -0.362 e. The second kappa shape index (κ2) is 9.16. The van der Waals surface area contributed by atoms with Crippen molar-refractivity contribution in [3.05, 3.63) is 0 Å². The van der Waals surface area contributed by atoms with E-state index in [2.05, 4.69) is 10.1 Å². The molecule has 108 valence electrons. The zero-order valence-electron chi connectivity index (χ0n) is 10.6. The Morgan fingerprint density at radius 3 is 2.56 bits per heavy atom. The molecule has 1 atom stereocenters. The molecule has 1 unspecified atom stereocenters. The maximum Gasteiger partial charge on any atom is 0.411 e. The van der Waals surface area contributed by atoms with Gasteiger partial charge in [0.25, 0.3) is 0 Å². The van der Waals surface area contributed by atoms with E-state index in [0.29, 0.717) is 13.1 Å². The molecule has 0 heterocycles. The van der Waals surface area contributed by atoms with Gasteiger partial charge in [0.05, 0.1) is 0 Å². The van der Waals surface area contributed by atoms with Crippen LogP contribution in [0, 0.1) is 5.92 Å². The third-order valence-corrected chi connectivity index (χ3v) is 2.36. The van der Waals surface area contributed by atoms with Crippen LogP contribution in [0.1, 0.15) is 26.2 Å². The van der Waals surface area contributed by atoms with Crippen LogP contribution >= 0.6 is 0 Å². The van der Waals surface area contributed by atoms with E-state index < -0.39 is 25.3 Å². The van der Waals surface area contributed by atoms with Crippen molar-refractivity contribution in [1.29, 1.82) is 0 Å². The van der Waals surface area contributed by atoms with Crippen molar-refractivity contribution in [2.24, 2.45) is 11.7 Å². The third-order valence-electron chi connectivity index (χ3n) is 2.36. The summed E-state index contributed by atoms with van der Waals surface area (Å²) in [7, 11) is 0. The highest BCUT2D eigenvalue weighted by Crippen LogP contribution is 2.14. The molecular formula is C11H21F3N2O2. The van der Waals surface area contributed by atoms with Crippen LogP contribution in [0.5, 0.6) is 0 Å². The predicted molar refractivity (Wildman–Crippen MR) is 62.0 cm³/mol. The number of rotatable bonds is 9. The highest BCUT2D eigenvalue weighted by atomic mass is 19.4. The molecule has 0 aliphatic rings. The van der Waals surface area contributed by atoms with Gasteiger partial charge in [-0.1, -0.05) is 13.3 Å². The van der Waals surface area contributed by atoms with E-state index in [1.54, 1.807) is 0 Å². The van der Waals surface area contributed by atoms with Crippen LogP contribution in [0.4, 0.5) is 13.2 Å². The Hall–Kier alpha value is -0.820. The summed E-state index contributed by atoms with van der Waals surface area (Å²) in [5, 5.41) is 2.55. The predicted octanol–water partition coefficient (Wildman–Crippen LogP) is 1.45. The number of halogens is 3. The molecule has 0 aromatic carbocycles. The molecule has 0 rings (SSSR count). The van der Waals surface area contributed by atoms with Crippen molar-refractivity contribution >= 4 is 5.91 Å². The lowest BCUT2D eigenvalue weighted by atomic mass is 10.00. The van der Waals surface area contributed by atoms with Gasteiger partial charge in [0, 0.05) is 6.54 Å². The van der Waals surface area contributed by atoms with E-state index in [-0.39, 0.29) is 5.92 Å². The van der Waals surface area contributed by atoms with Crippen molar-refractivity contribution in [3.63, 3.8) is 0 Å². The molecule has 0 saturated heterocycles. The molecule has 0 aromatic rings. The van der Waals surface area contributed by atoms with Gasteiger partial charge < -0.3 is 15.8 Å².